The SMILES string of the molecule is CCC(CC(=N)N)N(C)CC1CCN(C)C1. The van der Waals surface area contributed by atoms with E-state index in [9.17, 15) is 0 Å². The molecule has 16 heavy (non-hydrogen) atoms. The van der Waals surface area contributed by atoms with Crippen LogP contribution in [0.25, 0.3) is 0 Å². The summed E-state index contributed by atoms with van der Waals surface area (Å²) >= 11 is 0. The number of nitrogens with zero attached hydrogens (tertiary/aromatic N) is 2. The molecule has 0 saturated carbocycles. The van der Waals surface area contributed by atoms with Crippen molar-refractivity contribution < 1.29 is 0 Å². The van der Waals surface area contributed by atoms with Crippen molar-refractivity contribution in [2.24, 2.45) is 11.7 Å². The van der Waals surface area contributed by atoms with Gasteiger partial charge in [-0.05, 0) is 39.4 Å². The standard InChI is InChI=1S/C12H26N4/c1-4-11(7-12(13)14)16(3)9-10-5-6-15(2)8-10/h10-11H,4-9H2,1-3H3,(H3,13,14). The fraction of sp³-hybridized carbons (Fsp3) is 0.917. The zero-order valence-electron chi connectivity index (χ0n) is 10.9. The average molecular weight is 226 g/mol. The van der Waals surface area contributed by atoms with E-state index in [1.165, 1.54) is 19.5 Å². The van der Waals surface area contributed by atoms with Crippen LogP contribution in [0.15, 0.2) is 0 Å². The molecular formula is C12H26N4. The van der Waals surface area contributed by atoms with Crippen molar-refractivity contribution in [3.63, 3.8) is 0 Å². The van der Waals surface area contributed by atoms with Crippen LogP contribution in [0.2, 0.25) is 0 Å². The Balaban J connectivity index is 2.36. The van der Waals surface area contributed by atoms with Gasteiger partial charge in [-0.15, -0.1) is 0 Å². The van der Waals surface area contributed by atoms with E-state index >= 15 is 0 Å². The average Bonchev–Trinajstić information content (AvgIpc) is 2.60. The number of hydrogen-bond acceptors (Lipinski definition) is 3. The van der Waals surface area contributed by atoms with Crippen LogP contribution >= 0.6 is 0 Å². The normalized spacial score (nSPS) is 23.9. The molecule has 4 heteroatoms. The van der Waals surface area contributed by atoms with Crippen molar-refractivity contribution in [1.29, 1.82) is 5.41 Å². The molecule has 0 aromatic carbocycles. The van der Waals surface area contributed by atoms with E-state index in [0.29, 0.717) is 18.3 Å². The Hall–Kier alpha value is -0.610. The summed E-state index contributed by atoms with van der Waals surface area (Å²) in [7, 11) is 4.35. The summed E-state index contributed by atoms with van der Waals surface area (Å²) in [5, 5.41) is 7.38. The molecule has 2 atom stereocenters. The summed E-state index contributed by atoms with van der Waals surface area (Å²) in [6, 6.07) is 0.434. The highest BCUT2D eigenvalue weighted by Crippen LogP contribution is 2.17. The van der Waals surface area contributed by atoms with Gasteiger partial charge in [0.2, 0.25) is 0 Å². The Labute approximate surface area is 99.3 Å². The summed E-state index contributed by atoms with van der Waals surface area (Å²) in [6.45, 7) is 5.74. The van der Waals surface area contributed by atoms with Gasteiger partial charge in [-0.1, -0.05) is 6.92 Å². The zero-order valence-corrected chi connectivity index (χ0v) is 10.9. The van der Waals surface area contributed by atoms with Gasteiger partial charge < -0.3 is 15.5 Å². The van der Waals surface area contributed by atoms with Crippen LogP contribution in [-0.2, 0) is 0 Å². The van der Waals surface area contributed by atoms with Crippen molar-refractivity contribution in [2.75, 3.05) is 33.7 Å². The van der Waals surface area contributed by atoms with Gasteiger partial charge in [-0.25, -0.2) is 0 Å². The molecule has 2 unspecified atom stereocenters. The molecule has 1 heterocycles. The third kappa shape index (κ3) is 4.10. The van der Waals surface area contributed by atoms with Gasteiger partial charge >= 0.3 is 0 Å². The molecule has 1 aliphatic rings. The molecule has 0 bridgehead atoms. The second-order valence-electron chi connectivity index (χ2n) is 5.15. The van der Waals surface area contributed by atoms with Crippen molar-refractivity contribution in [2.45, 2.75) is 32.2 Å². The molecule has 0 radical (unpaired) electrons. The third-order valence-corrected chi connectivity index (χ3v) is 3.59. The van der Waals surface area contributed by atoms with Crippen LogP contribution in [0.4, 0.5) is 0 Å². The molecule has 0 aliphatic carbocycles. The van der Waals surface area contributed by atoms with Gasteiger partial charge in [0.1, 0.15) is 0 Å². The van der Waals surface area contributed by atoms with E-state index in [4.69, 9.17) is 11.1 Å². The van der Waals surface area contributed by atoms with Gasteiger partial charge in [-0.2, -0.15) is 0 Å². The van der Waals surface area contributed by atoms with Gasteiger partial charge in [0.15, 0.2) is 0 Å². The van der Waals surface area contributed by atoms with Gasteiger partial charge in [0.25, 0.3) is 0 Å². The topological polar surface area (TPSA) is 56.4 Å². The van der Waals surface area contributed by atoms with Crippen molar-refractivity contribution in [3.8, 4) is 0 Å². The molecule has 1 saturated heterocycles. The molecule has 94 valence electrons. The van der Waals surface area contributed by atoms with Crippen LogP contribution in [0, 0.1) is 11.3 Å². The van der Waals surface area contributed by atoms with Crippen LogP contribution in [0.1, 0.15) is 26.2 Å². The quantitative estimate of drug-likeness (QED) is 0.524. The Morgan fingerprint density at radius 1 is 1.62 bits per heavy atom. The number of hydrogen-bond donors (Lipinski definition) is 2. The zero-order chi connectivity index (χ0) is 12.1. The Kier molecular flexibility index (Phi) is 5.22. The summed E-state index contributed by atoms with van der Waals surface area (Å²) in [4.78, 5) is 4.77. The Morgan fingerprint density at radius 3 is 2.75 bits per heavy atom. The summed E-state index contributed by atoms with van der Waals surface area (Å²) < 4.78 is 0. The van der Waals surface area contributed by atoms with E-state index < -0.39 is 0 Å². The number of nitrogens with one attached hydrogen (secondary N) is 1. The summed E-state index contributed by atoms with van der Waals surface area (Å²) in [5.41, 5.74) is 5.49. The van der Waals surface area contributed by atoms with Gasteiger partial charge in [0, 0.05) is 25.6 Å². The molecule has 1 aliphatic heterocycles. The number of nitrogens with two attached hydrogens (primary N) is 1. The molecule has 0 spiro atoms. The molecular weight excluding hydrogens is 200 g/mol. The highest BCUT2D eigenvalue weighted by molar-refractivity contribution is 5.77. The predicted molar refractivity (Wildman–Crippen MR) is 68.8 cm³/mol. The maximum absolute atomic E-state index is 7.38. The van der Waals surface area contributed by atoms with Crippen molar-refractivity contribution in [3.05, 3.63) is 0 Å². The van der Waals surface area contributed by atoms with Crippen LogP contribution in [0.5, 0.6) is 0 Å². The maximum Gasteiger partial charge on any atom is 0.0921 e. The lowest BCUT2D eigenvalue weighted by atomic mass is 10.0. The minimum atomic E-state index is 0.308. The largest absolute Gasteiger partial charge is 0.388 e. The summed E-state index contributed by atoms with van der Waals surface area (Å²) in [5.74, 6) is 1.10. The Bertz CT molecular complexity index is 229. The van der Waals surface area contributed by atoms with Crippen molar-refractivity contribution >= 4 is 5.84 Å². The second-order valence-corrected chi connectivity index (χ2v) is 5.15. The van der Waals surface area contributed by atoms with E-state index in [-0.39, 0.29) is 0 Å². The first kappa shape index (κ1) is 13.5. The first-order valence-electron chi connectivity index (χ1n) is 6.24. The lowest BCUT2D eigenvalue weighted by molar-refractivity contribution is 0.205. The van der Waals surface area contributed by atoms with E-state index in [0.717, 1.165) is 18.9 Å². The molecule has 0 amide bonds. The minimum Gasteiger partial charge on any atom is -0.388 e. The van der Waals surface area contributed by atoms with Crippen LogP contribution in [0.3, 0.4) is 0 Å². The number of rotatable bonds is 6. The van der Waals surface area contributed by atoms with Gasteiger partial charge in [0.05, 0.1) is 5.84 Å². The smallest absolute Gasteiger partial charge is 0.0921 e. The number of amidine groups is 1. The fourth-order valence-electron chi connectivity index (χ4n) is 2.60. The molecule has 1 fully saturated rings. The molecule has 3 N–H and O–H groups in total. The van der Waals surface area contributed by atoms with Gasteiger partial charge in [-0.3, -0.25) is 5.41 Å². The first-order chi connectivity index (χ1) is 7.52. The maximum atomic E-state index is 7.38. The third-order valence-electron chi connectivity index (χ3n) is 3.59. The van der Waals surface area contributed by atoms with Crippen molar-refractivity contribution in [1.82, 2.24) is 9.80 Å². The van der Waals surface area contributed by atoms with E-state index in [1.54, 1.807) is 0 Å². The van der Waals surface area contributed by atoms with Crippen LogP contribution in [-0.4, -0.2) is 55.4 Å². The molecule has 1 rings (SSSR count). The lowest BCUT2D eigenvalue weighted by Gasteiger charge is -2.29. The van der Waals surface area contributed by atoms with E-state index in [1.807, 2.05) is 0 Å². The van der Waals surface area contributed by atoms with Crippen LogP contribution < -0.4 is 5.73 Å². The Morgan fingerprint density at radius 2 is 2.31 bits per heavy atom. The molecule has 0 aromatic rings. The summed E-state index contributed by atoms with van der Waals surface area (Å²) in [6.07, 6.45) is 3.07. The minimum absolute atomic E-state index is 0.308. The first-order valence-corrected chi connectivity index (χ1v) is 6.24. The fourth-order valence-corrected chi connectivity index (χ4v) is 2.60. The highest BCUT2D eigenvalue weighted by atomic mass is 15.2. The second kappa shape index (κ2) is 6.21. The highest BCUT2D eigenvalue weighted by Gasteiger charge is 2.23. The van der Waals surface area contributed by atoms with E-state index in [2.05, 4.69) is 30.8 Å². The molecule has 4 nitrogen and oxygen atoms in total. The monoisotopic (exact) mass is 226 g/mol. The number of likely N-dealkylation sites (tertiary alicyclic amines) is 1. The lowest BCUT2D eigenvalue weighted by Crippen LogP contribution is -2.38. The molecule has 0 aromatic heterocycles. The predicted octanol–water partition coefficient (Wildman–Crippen LogP) is 0.975.